The number of phenols is 1. The Bertz CT molecular complexity index is 1590. The van der Waals surface area contributed by atoms with Gasteiger partial charge in [-0.25, -0.2) is 0 Å². The van der Waals surface area contributed by atoms with E-state index in [1.807, 2.05) is 0 Å². The Kier molecular flexibility index (Phi) is 10.0. The van der Waals surface area contributed by atoms with Gasteiger partial charge in [0.2, 0.25) is 0 Å². The van der Waals surface area contributed by atoms with Crippen molar-refractivity contribution in [2.45, 2.75) is 9.79 Å². The second-order valence-corrected chi connectivity index (χ2v) is 9.10. The minimum atomic E-state index is -5.09. The molecule has 0 spiro atoms. The van der Waals surface area contributed by atoms with Crippen molar-refractivity contribution in [3.05, 3.63) is 62.7 Å². The molecule has 0 radical (unpaired) electrons. The summed E-state index contributed by atoms with van der Waals surface area (Å²) in [4.78, 5) is 18.5. The fourth-order valence-electron chi connectivity index (χ4n) is 2.74. The van der Waals surface area contributed by atoms with Gasteiger partial charge >= 0.3 is 64.8 Å². The monoisotopic (exact) mass is 546 g/mol. The van der Waals surface area contributed by atoms with Gasteiger partial charge in [0.15, 0.2) is 11.4 Å². The summed E-state index contributed by atoms with van der Waals surface area (Å²) < 4.78 is 65.0. The molecule has 3 rings (SSSR count). The Morgan fingerprint density at radius 2 is 1.43 bits per heavy atom. The summed E-state index contributed by atoms with van der Waals surface area (Å²) in [6, 6.07) is 5.79. The number of aromatic hydroxyl groups is 1. The molecular formula is C16H12N4Na2O11S2. The van der Waals surface area contributed by atoms with Crippen molar-refractivity contribution >= 4 is 113 Å². The number of rotatable bonds is 6. The number of azo groups is 1. The number of hydrogen-bond acceptors (Lipinski definition) is 11. The van der Waals surface area contributed by atoms with Gasteiger partial charge in [-0.15, -0.1) is 10.2 Å². The third-order valence-corrected chi connectivity index (χ3v) is 5.94. The molecule has 0 heterocycles. The SMILES string of the molecule is O=[N+]([O-])c1ccc(/N=N/c2c(S(=O)(=O)O)cc3cc(S(=O)(=O)O)ccc3c2O)c([N+](=O)[O-])c1.[NaH].[NaH]. The van der Waals surface area contributed by atoms with Gasteiger partial charge in [-0.05, 0) is 35.7 Å². The van der Waals surface area contributed by atoms with Crippen LogP contribution in [-0.4, -0.2) is 100 Å². The summed E-state index contributed by atoms with van der Waals surface area (Å²) in [6.45, 7) is 0. The summed E-state index contributed by atoms with van der Waals surface area (Å²) >= 11 is 0. The first-order chi connectivity index (χ1) is 15.2. The van der Waals surface area contributed by atoms with E-state index in [1.165, 1.54) is 0 Å². The molecule has 0 aromatic heterocycles. The first-order valence-corrected chi connectivity index (χ1v) is 11.2. The van der Waals surface area contributed by atoms with Gasteiger partial charge < -0.3 is 5.11 Å². The van der Waals surface area contributed by atoms with E-state index in [0.717, 1.165) is 36.4 Å². The van der Waals surface area contributed by atoms with Crippen molar-refractivity contribution in [1.29, 1.82) is 0 Å². The van der Waals surface area contributed by atoms with Crippen LogP contribution in [0.5, 0.6) is 5.75 Å². The Morgan fingerprint density at radius 3 is 1.94 bits per heavy atom. The first-order valence-electron chi connectivity index (χ1n) is 8.29. The van der Waals surface area contributed by atoms with E-state index in [1.54, 1.807) is 0 Å². The molecule has 0 atom stereocenters. The van der Waals surface area contributed by atoms with Gasteiger partial charge in [0.25, 0.3) is 25.9 Å². The molecule has 3 aromatic carbocycles. The fourth-order valence-corrected chi connectivity index (χ4v) is 3.92. The Balaban J connectivity index is 0.00000306. The normalized spacial score (nSPS) is 11.6. The van der Waals surface area contributed by atoms with Crippen LogP contribution in [0.3, 0.4) is 0 Å². The molecule has 15 nitrogen and oxygen atoms in total. The summed E-state index contributed by atoms with van der Waals surface area (Å²) in [5.41, 5.74) is -2.85. The van der Waals surface area contributed by atoms with Crippen molar-refractivity contribution < 1.29 is 40.9 Å². The summed E-state index contributed by atoms with van der Waals surface area (Å²) in [5.74, 6) is -0.893. The molecule has 0 bridgehead atoms. The molecule has 0 fully saturated rings. The average Bonchev–Trinajstić information content (AvgIpc) is 2.70. The zero-order valence-electron chi connectivity index (χ0n) is 15.8. The van der Waals surface area contributed by atoms with Crippen molar-refractivity contribution in [3.63, 3.8) is 0 Å². The van der Waals surface area contributed by atoms with Gasteiger partial charge in [0.05, 0.1) is 20.8 Å². The zero-order valence-corrected chi connectivity index (χ0v) is 17.4. The van der Waals surface area contributed by atoms with E-state index < -0.39 is 68.4 Å². The van der Waals surface area contributed by atoms with Crippen LogP contribution in [0, 0.1) is 20.2 Å². The number of nitro groups is 2. The third-order valence-electron chi connectivity index (χ3n) is 4.22. The van der Waals surface area contributed by atoms with E-state index in [4.69, 9.17) is 4.55 Å². The number of benzene rings is 3. The third kappa shape index (κ3) is 6.79. The van der Waals surface area contributed by atoms with Crippen LogP contribution in [0.2, 0.25) is 0 Å². The standard InChI is InChI=1S/C16H10N4O11S2.2Na.2H/c21-16-11-3-2-10(32(26,27)28)5-8(11)6-14(33(29,30)31)15(16)18-17-12-4-1-9(19(22)23)7-13(12)20(24)25;;;;/h1-7,21H,(H,26,27,28)(H,29,30,31);;;;/b18-17+;;;;. The predicted molar refractivity (Wildman–Crippen MR) is 123 cm³/mol. The van der Waals surface area contributed by atoms with Crippen molar-refractivity contribution in [1.82, 2.24) is 0 Å². The van der Waals surface area contributed by atoms with Crippen molar-refractivity contribution in [2.75, 3.05) is 0 Å². The Labute approximate surface area is 240 Å². The van der Waals surface area contributed by atoms with Gasteiger partial charge in [0, 0.05) is 11.5 Å². The molecule has 0 saturated carbocycles. The topological polar surface area (TPSA) is 240 Å². The average molecular weight is 546 g/mol. The number of fused-ring (bicyclic) bond motifs is 1. The molecule has 0 unspecified atom stereocenters. The molecule has 19 heteroatoms. The molecule has 3 aromatic rings. The first kappa shape index (κ1) is 31.0. The van der Waals surface area contributed by atoms with Gasteiger partial charge in [-0.3, -0.25) is 29.3 Å². The number of nitrogens with zero attached hydrogens (tertiary/aromatic N) is 4. The second-order valence-electron chi connectivity index (χ2n) is 6.29. The summed E-state index contributed by atoms with van der Waals surface area (Å²) in [6.07, 6.45) is 0. The van der Waals surface area contributed by atoms with Gasteiger partial charge in [-0.1, -0.05) is 0 Å². The molecule has 0 aliphatic rings. The second kappa shape index (κ2) is 11.3. The Morgan fingerprint density at radius 1 is 0.800 bits per heavy atom. The van der Waals surface area contributed by atoms with E-state index in [0.29, 0.717) is 6.07 Å². The van der Waals surface area contributed by atoms with Crippen LogP contribution >= 0.6 is 0 Å². The Hall–Kier alpha value is -2.06. The van der Waals surface area contributed by atoms with Crippen LogP contribution in [0.1, 0.15) is 0 Å². The number of hydrogen-bond donors (Lipinski definition) is 3. The molecule has 176 valence electrons. The van der Waals surface area contributed by atoms with Crippen LogP contribution in [-0.2, 0) is 20.2 Å². The van der Waals surface area contributed by atoms with Crippen molar-refractivity contribution in [3.8, 4) is 5.75 Å². The molecule has 0 aliphatic carbocycles. The zero-order chi connectivity index (χ0) is 24.7. The fraction of sp³-hybridized carbons (Fsp3) is 0. The summed E-state index contributed by atoms with van der Waals surface area (Å²) in [5, 5.41) is 39.1. The van der Waals surface area contributed by atoms with Crippen LogP contribution in [0.4, 0.5) is 22.7 Å². The molecule has 0 saturated heterocycles. The van der Waals surface area contributed by atoms with Gasteiger partial charge in [0.1, 0.15) is 10.6 Å². The van der Waals surface area contributed by atoms with E-state index in [-0.39, 0.29) is 69.9 Å². The number of phenolic OH excluding ortho intramolecular Hbond substituents is 1. The molecule has 35 heavy (non-hydrogen) atoms. The predicted octanol–water partition coefficient (Wildman–Crippen LogP) is 1.97. The maximum atomic E-state index is 11.8. The maximum absolute atomic E-state index is 11.8. The minimum absolute atomic E-state index is 0. The van der Waals surface area contributed by atoms with E-state index in [2.05, 4.69) is 10.2 Å². The van der Waals surface area contributed by atoms with Crippen LogP contribution in [0.15, 0.2) is 62.5 Å². The van der Waals surface area contributed by atoms with E-state index in [9.17, 15) is 46.7 Å². The molecule has 0 aliphatic heterocycles. The van der Waals surface area contributed by atoms with Crippen molar-refractivity contribution in [2.24, 2.45) is 10.2 Å². The van der Waals surface area contributed by atoms with Crippen LogP contribution in [0.25, 0.3) is 10.8 Å². The van der Waals surface area contributed by atoms with Gasteiger partial charge in [-0.2, -0.15) is 16.8 Å². The molecular weight excluding hydrogens is 534 g/mol. The number of non-ortho nitro benzene ring substituents is 1. The molecule has 0 amide bonds. The quantitative estimate of drug-likeness (QED) is 0.133. The van der Waals surface area contributed by atoms with E-state index >= 15 is 0 Å². The van der Waals surface area contributed by atoms with Crippen LogP contribution < -0.4 is 0 Å². The summed E-state index contributed by atoms with van der Waals surface area (Å²) in [7, 11) is -9.78. The number of nitro benzene ring substituents is 2. The molecule has 3 N–H and O–H groups in total.